The molecule has 128 valence electrons. The molecule has 0 aromatic heterocycles. The minimum atomic E-state index is -3.96. The lowest BCUT2D eigenvalue weighted by atomic mass is 10.1. The van der Waals surface area contributed by atoms with Crippen LogP contribution >= 0.6 is 7.60 Å². The van der Waals surface area contributed by atoms with Crippen molar-refractivity contribution in [2.75, 3.05) is 13.2 Å². The van der Waals surface area contributed by atoms with Crippen molar-refractivity contribution >= 4 is 15.9 Å². The molecule has 23 heavy (non-hydrogen) atoms. The maximum absolute atomic E-state index is 13.4. The molecule has 0 spiro atoms. The van der Waals surface area contributed by atoms with Gasteiger partial charge in [-0.25, -0.2) is 4.39 Å². The third-order valence-electron chi connectivity index (χ3n) is 2.82. The fraction of sp³-hybridized carbons (Fsp3) is 0.533. The van der Waals surface area contributed by atoms with E-state index >= 15 is 0 Å². The first-order valence-electron chi connectivity index (χ1n) is 7.41. The van der Waals surface area contributed by atoms with Gasteiger partial charge in [-0.2, -0.15) is 5.26 Å². The van der Waals surface area contributed by atoms with Crippen molar-refractivity contribution in [1.29, 1.82) is 5.26 Å². The summed E-state index contributed by atoms with van der Waals surface area (Å²) in [6.07, 6.45) is 0. The number of hydrogen-bond acceptors (Lipinski definition) is 5. The minimum absolute atomic E-state index is 0.0942. The second kappa shape index (κ2) is 7.69. The van der Waals surface area contributed by atoms with Crippen LogP contribution < -0.4 is 0 Å². The molecular weight excluding hydrogens is 336 g/mol. The first-order chi connectivity index (χ1) is 10.6. The highest BCUT2D eigenvalue weighted by Crippen LogP contribution is 2.66. The molecule has 0 radical (unpaired) electrons. The van der Waals surface area contributed by atoms with Crippen molar-refractivity contribution in [2.24, 2.45) is 0 Å². The van der Waals surface area contributed by atoms with Crippen molar-refractivity contribution in [1.82, 2.24) is 0 Å². The van der Waals surface area contributed by atoms with E-state index in [0.717, 1.165) is 0 Å². The smallest absolute Gasteiger partial charge is 0.380 e. The molecule has 1 rings (SSSR count). The van der Waals surface area contributed by atoms with Gasteiger partial charge in [-0.05, 0) is 45.6 Å². The topological polar surface area (TPSA) is 68.5 Å². The lowest BCUT2D eigenvalue weighted by Crippen LogP contribution is -2.40. The maximum Gasteiger partial charge on any atom is 0.380 e. The summed E-state index contributed by atoms with van der Waals surface area (Å²) in [4.78, 5) is 0. The van der Waals surface area contributed by atoms with Crippen molar-refractivity contribution in [3.05, 3.63) is 35.6 Å². The van der Waals surface area contributed by atoms with E-state index in [2.05, 4.69) is 0 Å². The lowest BCUT2D eigenvalue weighted by Gasteiger charge is -2.37. The monoisotopic (exact) mass is 359 g/mol. The van der Waals surface area contributed by atoms with Crippen molar-refractivity contribution < 1.29 is 22.4 Å². The van der Waals surface area contributed by atoms with Gasteiger partial charge in [0.15, 0.2) is 8.32 Å². The van der Waals surface area contributed by atoms with Crippen molar-refractivity contribution in [3.8, 4) is 6.07 Å². The predicted octanol–water partition coefficient (Wildman–Crippen LogP) is 4.62. The molecule has 1 aromatic rings. The number of nitrogens with zero attached hydrogens (tertiary/aromatic N) is 1. The molecule has 0 aliphatic rings. The van der Waals surface area contributed by atoms with Gasteiger partial charge in [-0.3, -0.25) is 4.57 Å². The minimum Gasteiger partial charge on any atom is -0.388 e. The van der Waals surface area contributed by atoms with E-state index in [1.165, 1.54) is 24.3 Å². The quantitative estimate of drug-likeness (QED) is 0.500. The summed E-state index contributed by atoms with van der Waals surface area (Å²) in [5.74, 6) is -0.462. The van der Waals surface area contributed by atoms with Gasteiger partial charge in [0.2, 0.25) is 0 Å². The van der Waals surface area contributed by atoms with Gasteiger partial charge >= 0.3 is 7.60 Å². The highest BCUT2D eigenvalue weighted by molar-refractivity contribution is 7.55. The molecule has 1 unspecified atom stereocenters. The van der Waals surface area contributed by atoms with E-state index in [9.17, 15) is 14.2 Å². The van der Waals surface area contributed by atoms with Crippen LogP contribution in [0.5, 0.6) is 0 Å². The molecule has 0 bridgehead atoms. The molecule has 8 heteroatoms. The third kappa shape index (κ3) is 4.49. The zero-order chi connectivity index (χ0) is 17.7. The Hall–Kier alpha value is -1.03. The summed E-state index contributed by atoms with van der Waals surface area (Å²) in [5, 5.41) is 7.95. The van der Waals surface area contributed by atoms with E-state index in [1.54, 1.807) is 13.8 Å². The van der Waals surface area contributed by atoms with Crippen LogP contribution in [0.25, 0.3) is 0 Å². The molecule has 0 aliphatic carbocycles. The summed E-state index contributed by atoms with van der Waals surface area (Å²) < 4.78 is 43.4. The Labute approximate surface area is 138 Å². The molecule has 5 nitrogen and oxygen atoms in total. The normalized spacial score (nSPS) is 15.0. The first kappa shape index (κ1) is 20.0. The Bertz CT molecular complexity index is 601. The fourth-order valence-electron chi connectivity index (χ4n) is 2.10. The van der Waals surface area contributed by atoms with E-state index in [-0.39, 0.29) is 18.8 Å². The molecule has 0 heterocycles. The van der Waals surface area contributed by atoms with Crippen LogP contribution in [0.4, 0.5) is 4.39 Å². The zero-order valence-corrected chi connectivity index (χ0v) is 16.0. The highest BCUT2D eigenvalue weighted by Gasteiger charge is 2.56. The van der Waals surface area contributed by atoms with E-state index in [0.29, 0.717) is 0 Å². The average molecular weight is 359 g/mol. The molecule has 1 aromatic carbocycles. The van der Waals surface area contributed by atoms with Crippen LogP contribution in [0.15, 0.2) is 24.3 Å². The highest BCUT2D eigenvalue weighted by atomic mass is 31.2. The second-order valence-electron chi connectivity index (χ2n) is 5.81. The number of hydrogen-bond donors (Lipinski definition) is 0. The number of benzene rings is 1. The van der Waals surface area contributed by atoms with Crippen LogP contribution in [0.2, 0.25) is 19.6 Å². The molecule has 0 N–H and O–H groups in total. The standard InChI is InChI=1S/C15H23FNO4PSi/c1-6-19-22(18,20-7-2)15(12-17,21-23(3,4)5)13-8-10-14(16)11-9-13/h8-11H,6-7H2,1-5H3. The number of rotatable bonds is 8. The van der Waals surface area contributed by atoms with Crippen LogP contribution in [-0.4, -0.2) is 21.5 Å². The average Bonchev–Trinajstić information content (AvgIpc) is 2.45. The third-order valence-corrected chi connectivity index (χ3v) is 6.33. The lowest BCUT2D eigenvalue weighted by molar-refractivity contribution is 0.119. The largest absolute Gasteiger partial charge is 0.388 e. The predicted molar refractivity (Wildman–Crippen MR) is 89.0 cm³/mol. The van der Waals surface area contributed by atoms with Crippen LogP contribution in [0.1, 0.15) is 19.4 Å². The van der Waals surface area contributed by atoms with Crippen molar-refractivity contribution in [2.45, 2.75) is 38.8 Å². The molecular formula is C15H23FNO4PSi. The Morgan fingerprint density at radius 3 is 2.00 bits per heavy atom. The Morgan fingerprint density at radius 1 is 1.17 bits per heavy atom. The van der Waals surface area contributed by atoms with Gasteiger partial charge in [-0.15, -0.1) is 0 Å². The van der Waals surface area contributed by atoms with Gasteiger partial charge in [0.1, 0.15) is 11.9 Å². The van der Waals surface area contributed by atoms with E-state index < -0.39 is 27.1 Å². The second-order valence-corrected chi connectivity index (χ2v) is 12.4. The summed E-state index contributed by atoms with van der Waals surface area (Å²) in [6, 6.07) is 7.14. The molecule has 0 fully saturated rings. The van der Waals surface area contributed by atoms with Gasteiger partial charge in [0.05, 0.1) is 13.2 Å². The fourth-order valence-corrected chi connectivity index (χ4v) is 6.12. The molecule has 0 saturated carbocycles. The Morgan fingerprint density at radius 2 is 1.65 bits per heavy atom. The maximum atomic E-state index is 13.4. The van der Waals surface area contributed by atoms with Crippen LogP contribution in [0, 0.1) is 17.1 Å². The van der Waals surface area contributed by atoms with E-state index in [4.69, 9.17) is 13.5 Å². The summed E-state index contributed by atoms with van der Waals surface area (Å²) >= 11 is 0. The van der Waals surface area contributed by atoms with Gasteiger partial charge in [0, 0.05) is 5.56 Å². The number of nitriles is 1. The summed E-state index contributed by atoms with van der Waals surface area (Å²) in [6.45, 7) is 9.11. The molecule has 0 aliphatic heterocycles. The zero-order valence-electron chi connectivity index (χ0n) is 14.1. The number of halogens is 1. The molecule has 0 saturated heterocycles. The summed E-state index contributed by atoms with van der Waals surface area (Å²) in [5.41, 5.74) is 0.258. The van der Waals surface area contributed by atoms with Crippen LogP contribution in [-0.2, 0) is 23.4 Å². The molecule has 1 atom stereocenters. The Balaban J connectivity index is 3.60. The molecule has 0 amide bonds. The van der Waals surface area contributed by atoms with Crippen LogP contribution in [0.3, 0.4) is 0 Å². The van der Waals surface area contributed by atoms with Crippen molar-refractivity contribution in [3.63, 3.8) is 0 Å². The van der Waals surface area contributed by atoms with Gasteiger partial charge in [0.25, 0.3) is 5.34 Å². The first-order valence-corrected chi connectivity index (χ1v) is 12.4. The van der Waals surface area contributed by atoms with Gasteiger partial charge < -0.3 is 13.5 Å². The van der Waals surface area contributed by atoms with Gasteiger partial charge in [-0.1, -0.05) is 12.1 Å². The van der Waals surface area contributed by atoms with E-state index in [1.807, 2.05) is 25.7 Å². The summed E-state index contributed by atoms with van der Waals surface area (Å²) in [7, 11) is -6.29. The SMILES string of the molecule is CCOP(=O)(OCC)C(C#N)(O[Si](C)(C)C)c1ccc(F)cc1. The Kier molecular flexibility index (Phi) is 6.69.